The second-order valence-corrected chi connectivity index (χ2v) is 6.84. The number of hydrogen-bond acceptors (Lipinski definition) is 9. The third kappa shape index (κ3) is 3.47. The Morgan fingerprint density at radius 1 is 1.41 bits per heavy atom. The number of rotatable bonds is 6. The summed E-state index contributed by atoms with van der Waals surface area (Å²) in [7, 11) is 0. The van der Waals surface area contributed by atoms with Crippen LogP contribution in [0.2, 0.25) is 0 Å². The highest BCUT2D eigenvalue weighted by Gasteiger charge is 2.31. The van der Waals surface area contributed by atoms with Gasteiger partial charge in [0.05, 0.1) is 0 Å². The number of nitrogens with one attached hydrogen (secondary N) is 1. The molecule has 3 rings (SSSR count). The van der Waals surface area contributed by atoms with Gasteiger partial charge in [-0.3, -0.25) is 10.3 Å². The highest BCUT2D eigenvalue weighted by Crippen LogP contribution is 2.24. The topological polar surface area (TPSA) is 162 Å². The minimum Gasteiger partial charge on any atom is -0.691 e. The minimum atomic E-state index is -1.61. The van der Waals surface area contributed by atoms with Gasteiger partial charge < -0.3 is 21.2 Å². The van der Waals surface area contributed by atoms with E-state index in [4.69, 9.17) is 10.6 Å². The number of aromatic nitrogens is 4. The molecule has 0 bridgehead atoms. The first-order chi connectivity index (χ1) is 12.7. The standard InChI is InChI=1S/C15H16N6O5S/c1-15(2,13(23)24)26-18-11(8-7-27-14(16)17-8)12(22)20-9-5-3-4-6-10(9)21(25)19-20/h3-7,18,22H,1-2H3,(H2,16,17)(H,23,24). The molecule has 0 fully saturated rings. The number of aliphatic hydroxyl groups is 1. The molecule has 0 spiro atoms. The predicted molar refractivity (Wildman–Crippen MR) is 96.9 cm³/mol. The SMILES string of the molecule is CC(C)(ONC(=C(O)n1n[n+]([O-])c2ccccc21)c1csc(N)n1)C(=O)O. The van der Waals surface area contributed by atoms with Gasteiger partial charge in [0.1, 0.15) is 10.9 Å². The number of benzene rings is 1. The number of carboxylic acids is 1. The summed E-state index contributed by atoms with van der Waals surface area (Å²) in [5, 5.41) is 37.4. The second kappa shape index (κ2) is 6.74. The number of nitrogens with two attached hydrogens (primary N) is 1. The van der Waals surface area contributed by atoms with Crippen LogP contribution in [0.5, 0.6) is 0 Å². The van der Waals surface area contributed by atoms with Crippen molar-refractivity contribution in [1.82, 2.24) is 20.4 Å². The fourth-order valence-corrected chi connectivity index (χ4v) is 2.64. The first-order valence-corrected chi connectivity index (χ1v) is 8.48. The van der Waals surface area contributed by atoms with Crippen molar-refractivity contribution in [3.8, 4) is 0 Å². The number of nitrogens with zero attached hydrogens (tertiary/aromatic N) is 4. The number of carbonyl (C=O) groups is 1. The Morgan fingerprint density at radius 3 is 2.74 bits per heavy atom. The lowest BCUT2D eigenvalue weighted by atomic mass is 10.1. The fraction of sp³-hybridized carbons (Fsp3) is 0.200. The summed E-state index contributed by atoms with van der Waals surface area (Å²) in [4.78, 5) is 20.9. The molecule has 5 N–H and O–H groups in total. The number of carboxylic acid groups (broad SMARTS) is 1. The molecule has 1 aromatic carbocycles. The van der Waals surface area contributed by atoms with Gasteiger partial charge in [0, 0.05) is 5.38 Å². The molecule has 142 valence electrons. The molecule has 0 saturated heterocycles. The van der Waals surface area contributed by atoms with E-state index in [0.717, 1.165) is 16.0 Å². The van der Waals surface area contributed by atoms with Gasteiger partial charge in [-0.1, -0.05) is 16.8 Å². The lowest BCUT2D eigenvalue weighted by molar-refractivity contribution is -0.645. The van der Waals surface area contributed by atoms with Gasteiger partial charge in [-0.15, -0.1) is 16.2 Å². The number of thiazole rings is 1. The van der Waals surface area contributed by atoms with Gasteiger partial charge in [0.15, 0.2) is 16.4 Å². The van der Waals surface area contributed by atoms with Crippen LogP contribution in [-0.2, 0) is 9.63 Å². The van der Waals surface area contributed by atoms with Crippen molar-refractivity contribution < 1.29 is 24.7 Å². The Labute approximate surface area is 156 Å². The van der Waals surface area contributed by atoms with Crippen LogP contribution in [0, 0.1) is 5.21 Å². The van der Waals surface area contributed by atoms with E-state index in [1.807, 2.05) is 0 Å². The summed E-state index contributed by atoms with van der Waals surface area (Å²) in [5.41, 5.74) is 7.08. The smallest absolute Gasteiger partial charge is 0.338 e. The van der Waals surface area contributed by atoms with Crippen LogP contribution < -0.4 is 16.1 Å². The van der Waals surface area contributed by atoms with E-state index in [1.165, 1.54) is 25.3 Å². The van der Waals surface area contributed by atoms with E-state index in [1.54, 1.807) is 18.2 Å². The molecule has 0 aliphatic rings. The van der Waals surface area contributed by atoms with Crippen LogP contribution in [0.4, 0.5) is 5.13 Å². The van der Waals surface area contributed by atoms with Gasteiger partial charge in [0.2, 0.25) is 11.0 Å². The second-order valence-electron chi connectivity index (χ2n) is 5.95. The van der Waals surface area contributed by atoms with Gasteiger partial charge in [-0.05, 0) is 26.0 Å². The number of para-hydroxylation sites is 2. The van der Waals surface area contributed by atoms with E-state index >= 15 is 0 Å². The Bertz CT molecular complexity index is 1040. The Balaban J connectivity index is 2.11. The maximum atomic E-state index is 12.0. The van der Waals surface area contributed by atoms with Crippen molar-refractivity contribution >= 4 is 45.1 Å². The van der Waals surface area contributed by atoms with E-state index in [-0.39, 0.29) is 22.0 Å². The molecule has 0 atom stereocenters. The zero-order chi connectivity index (χ0) is 19.8. The average molecular weight is 392 g/mol. The molecular weight excluding hydrogens is 376 g/mol. The predicted octanol–water partition coefficient (Wildman–Crippen LogP) is 0.934. The van der Waals surface area contributed by atoms with Crippen LogP contribution in [-0.4, -0.2) is 36.7 Å². The van der Waals surface area contributed by atoms with E-state index in [2.05, 4.69) is 15.7 Å². The molecule has 2 heterocycles. The number of aliphatic carboxylic acids is 1. The summed E-state index contributed by atoms with van der Waals surface area (Å²) < 4.78 is 0.983. The summed E-state index contributed by atoms with van der Waals surface area (Å²) in [6.07, 6.45) is 0. The number of anilines is 1. The molecule has 0 aliphatic carbocycles. The lowest BCUT2D eigenvalue weighted by Crippen LogP contribution is -2.39. The Hall–Kier alpha value is -3.38. The Kier molecular flexibility index (Phi) is 4.59. The van der Waals surface area contributed by atoms with Gasteiger partial charge in [0.25, 0.3) is 0 Å². The van der Waals surface area contributed by atoms with Crippen molar-refractivity contribution in [2.75, 3.05) is 5.73 Å². The molecule has 0 amide bonds. The monoisotopic (exact) mass is 392 g/mol. The van der Waals surface area contributed by atoms with Crippen molar-refractivity contribution in [3.63, 3.8) is 0 Å². The molecule has 0 radical (unpaired) electrons. The summed E-state index contributed by atoms with van der Waals surface area (Å²) in [5.74, 6) is -1.75. The molecule has 27 heavy (non-hydrogen) atoms. The minimum absolute atomic E-state index is 0.105. The Morgan fingerprint density at radius 2 is 2.11 bits per heavy atom. The van der Waals surface area contributed by atoms with Crippen LogP contribution >= 0.6 is 11.3 Å². The fourth-order valence-electron chi connectivity index (χ4n) is 2.08. The van der Waals surface area contributed by atoms with Crippen LogP contribution in [0.3, 0.4) is 0 Å². The van der Waals surface area contributed by atoms with Gasteiger partial charge >= 0.3 is 11.9 Å². The largest absolute Gasteiger partial charge is 0.691 e. The number of hydrogen-bond donors (Lipinski definition) is 4. The molecule has 11 nitrogen and oxygen atoms in total. The van der Waals surface area contributed by atoms with E-state index in [9.17, 15) is 20.2 Å². The number of nitrogen functional groups attached to an aromatic ring is 1. The normalized spacial score (nSPS) is 12.8. The molecule has 0 aliphatic heterocycles. The van der Waals surface area contributed by atoms with Crippen molar-refractivity contribution in [2.24, 2.45) is 0 Å². The van der Waals surface area contributed by atoms with Crippen LogP contribution in [0.1, 0.15) is 19.5 Å². The number of hydroxylamine groups is 1. The quantitative estimate of drug-likeness (QED) is 0.207. The lowest BCUT2D eigenvalue weighted by Gasteiger charge is -2.20. The first kappa shape index (κ1) is 18.4. The summed E-state index contributed by atoms with van der Waals surface area (Å²) >= 11 is 1.11. The zero-order valence-electron chi connectivity index (χ0n) is 14.3. The zero-order valence-corrected chi connectivity index (χ0v) is 15.1. The van der Waals surface area contributed by atoms with Gasteiger partial charge in [-0.2, -0.15) is 0 Å². The van der Waals surface area contributed by atoms with E-state index in [0.29, 0.717) is 10.4 Å². The molecule has 2 aromatic heterocycles. The summed E-state index contributed by atoms with van der Waals surface area (Å²) in [6.45, 7) is 2.64. The maximum Gasteiger partial charge on any atom is 0.338 e. The van der Waals surface area contributed by atoms with Gasteiger partial charge in [-0.25, -0.2) is 9.78 Å². The molecule has 3 aromatic rings. The molecular formula is C15H16N6O5S. The van der Waals surface area contributed by atoms with E-state index < -0.39 is 17.5 Å². The molecule has 12 heteroatoms. The molecule has 0 unspecified atom stereocenters. The maximum absolute atomic E-state index is 12.0. The third-order valence-corrected chi connectivity index (χ3v) is 4.29. The van der Waals surface area contributed by atoms with Crippen molar-refractivity contribution in [2.45, 2.75) is 19.4 Å². The van der Waals surface area contributed by atoms with Crippen LogP contribution in [0.15, 0.2) is 29.6 Å². The average Bonchev–Trinajstić information content (AvgIpc) is 3.19. The summed E-state index contributed by atoms with van der Waals surface area (Å²) in [6, 6.07) is 6.45. The molecule has 0 saturated carbocycles. The van der Waals surface area contributed by atoms with Crippen molar-refractivity contribution in [1.29, 1.82) is 0 Å². The third-order valence-electron chi connectivity index (χ3n) is 3.61. The number of fused-ring (bicyclic) bond motifs is 1. The highest BCUT2D eigenvalue weighted by molar-refractivity contribution is 7.13. The number of aliphatic hydroxyl groups excluding tert-OH is 1. The van der Waals surface area contributed by atoms with Crippen LogP contribution in [0.25, 0.3) is 22.6 Å². The first-order valence-electron chi connectivity index (χ1n) is 7.60. The van der Waals surface area contributed by atoms with Crippen molar-refractivity contribution in [3.05, 3.63) is 40.5 Å². The highest BCUT2D eigenvalue weighted by atomic mass is 32.1.